The minimum Gasteiger partial charge on any atom is -0.491 e. The average molecular weight is 263 g/mol. The van der Waals surface area contributed by atoms with Crippen LogP contribution < -0.4 is 15.8 Å². The second-order valence-electron chi connectivity index (χ2n) is 5.39. The third-order valence-electron chi connectivity index (χ3n) is 3.34. The van der Waals surface area contributed by atoms with Crippen LogP contribution in [-0.2, 0) is 0 Å². The van der Waals surface area contributed by atoms with Crippen LogP contribution >= 0.6 is 0 Å². The van der Waals surface area contributed by atoms with Crippen molar-refractivity contribution in [3.05, 3.63) is 29.8 Å². The van der Waals surface area contributed by atoms with Crippen molar-refractivity contribution in [2.75, 3.05) is 32.7 Å². The molecule has 3 N–H and O–H groups in total. The molecule has 0 spiro atoms. The zero-order valence-corrected chi connectivity index (χ0v) is 11.9. The van der Waals surface area contributed by atoms with E-state index in [1.165, 1.54) is 5.56 Å². The normalized spacial score (nSPS) is 18.5. The summed E-state index contributed by atoms with van der Waals surface area (Å²) in [6.07, 6.45) is 0.209. The van der Waals surface area contributed by atoms with Crippen molar-refractivity contribution < 1.29 is 4.74 Å². The molecule has 1 fully saturated rings. The quantitative estimate of drug-likeness (QED) is 0.842. The molecule has 4 heteroatoms. The van der Waals surface area contributed by atoms with Crippen molar-refractivity contribution in [2.24, 2.45) is 5.73 Å². The summed E-state index contributed by atoms with van der Waals surface area (Å²) in [5, 5.41) is 3.35. The van der Waals surface area contributed by atoms with E-state index in [1.54, 1.807) is 0 Å². The highest BCUT2D eigenvalue weighted by Gasteiger charge is 2.14. The predicted octanol–water partition coefficient (Wildman–Crippen LogP) is 1.38. The molecule has 0 aromatic heterocycles. The minimum absolute atomic E-state index is 0.0752. The molecule has 1 saturated heterocycles. The highest BCUT2D eigenvalue weighted by Crippen LogP contribution is 2.18. The Balaban J connectivity index is 1.89. The third kappa shape index (κ3) is 4.49. The molecule has 1 aliphatic heterocycles. The van der Waals surface area contributed by atoms with Gasteiger partial charge >= 0.3 is 0 Å². The van der Waals surface area contributed by atoms with E-state index in [2.05, 4.69) is 22.3 Å². The minimum atomic E-state index is 0.0752. The van der Waals surface area contributed by atoms with Crippen molar-refractivity contribution in [3.63, 3.8) is 0 Å². The molecule has 0 radical (unpaired) electrons. The molecule has 1 heterocycles. The van der Waals surface area contributed by atoms with Crippen LogP contribution in [-0.4, -0.2) is 43.7 Å². The Morgan fingerprint density at radius 2 is 1.84 bits per heavy atom. The van der Waals surface area contributed by atoms with Gasteiger partial charge in [0, 0.05) is 38.8 Å². The second-order valence-corrected chi connectivity index (χ2v) is 5.39. The van der Waals surface area contributed by atoms with E-state index in [4.69, 9.17) is 10.5 Å². The molecule has 1 aliphatic rings. The summed E-state index contributed by atoms with van der Waals surface area (Å²) in [5.74, 6) is 0.910. The van der Waals surface area contributed by atoms with E-state index >= 15 is 0 Å². The molecule has 1 atom stereocenters. The van der Waals surface area contributed by atoms with Gasteiger partial charge in [-0.2, -0.15) is 0 Å². The monoisotopic (exact) mass is 263 g/mol. The summed E-state index contributed by atoms with van der Waals surface area (Å²) in [6.45, 7) is 9.28. The van der Waals surface area contributed by atoms with Gasteiger partial charge in [-0.05, 0) is 31.5 Å². The van der Waals surface area contributed by atoms with Crippen molar-refractivity contribution in [2.45, 2.75) is 26.0 Å². The van der Waals surface area contributed by atoms with Crippen LogP contribution in [0.5, 0.6) is 5.75 Å². The van der Waals surface area contributed by atoms with Gasteiger partial charge in [-0.15, -0.1) is 0 Å². The van der Waals surface area contributed by atoms with Gasteiger partial charge in [0.05, 0.1) is 6.10 Å². The number of rotatable bonds is 5. The van der Waals surface area contributed by atoms with Crippen LogP contribution in [0.1, 0.15) is 25.5 Å². The van der Waals surface area contributed by atoms with Crippen molar-refractivity contribution in [1.29, 1.82) is 0 Å². The number of benzene rings is 1. The van der Waals surface area contributed by atoms with Crippen molar-refractivity contribution in [3.8, 4) is 5.75 Å². The Morgan fingerprint density at radius 1 is 1.21 bits per heavy atom. The van der Waals surface area contributed by atoms with Gasteiger partial charge < -0.3 is 15.8 Å². The summed E-state index contributed by atoms with van der Waals surface area (Å²) in [5.41, 5.74) is 7.45. The van der Waals surface area contributed by atoms with Gasteiger partial charge in [0.2, 0.25) is 0 Å². The lowest BCUT2D eigenvalue weighted by Crippen LogP contribution is -2.45. The summed E-state index contributed by atoms with van der Waals surface area (Å²) in [7, 11) is 0. The number of nitrogens with two attached hydrogens (primary N) is 1. The lowest BCUT2D eigenvalue weighted by Gasteiger charge is -2.29. The largest absolute Gasteiger partial charge is 0.491 e. The third-order valence-corrected chi connectivity index (χ3v) is 3.34. The highest BCUT2D eigenvalue weighted by atomic mass is 16.5. The molecule has 0 bridgehead atoms. The summed E-state index contributed by atoms with van der Waals surface area (Å²) in [4.78, 5) is 2.42. The first-order valence-corrected chi connectivity index (χ1v) is 7.10. The Morgan fingerprint density at radius 3 is 2.42 bits per heavy atom. The topological polar surface area (TPSA) is 50.5 Å². The zero-order chi connectivity index (χ0) is 13.7. The van der Waals surface area contributed by atoms with Gasteiger partial charge in [-0.3, -0.25) is 4.90 Å². The molecule has 106 valence electrons. The molecular formula is C15H25N3O. The van der Waals surface area contributed by atoms with Gasteiger partial charge in [0.25, 0.3) is 0 Å². The molecular weight excluding hydrogens is 238 g/mol. The molecule has 0 amide bonds. The van der Waals surface area contributed by atoms with Crippen LogP contribution in [0, 0.1) is 0 Å². The molecule has 0 aliphatic carbocycles. The Labute approximate surface area is 115 Å². The van der Waals surface area contributed by atoms with E-state index in [-0.39, 0.29) is 12.1 Å². The van der Waals surface area contributed by atoms with E-state index < -0.39 is 0 Å². The fourth-order valence-electron chi connectivity index (χ4n) is 2.34. The summed E-state index contributed by atoms with van der Waals surface area (Å²) < 4.78 is 5.64. The first-order valence-electron chi connectivity index (χ1n) is 7.10. The van der Waals surface area contributed by atoms with E-state index in [1.807, 2.05) is 26.0 Å². The number of ether oxygens (including phenoxy) is 1. The van der Waals surface area contributed by atoms with Crippen LogP contribution in [0.2, 0.25) is 0 Å². The van der Waals surface area contributed by atoms with E-state index in [0.717, 1.165) is 38.5 Å². The molecule has 4 nitrogen and oxygen atoms in total. The first kappa shape index (κ1) is 14.3. The maximum absolute atomic E-state index is 6.27. The van der Waals surface area contributed by atoms with Crippen LogP contribution in [0.15, 0.2) is 24.3 Å². The van der Waals surface area contributed by atoms with Crippen molar-refractivity contribution >= 4 is 0 Å². The maximum atomic E-state index is 6.27. The van der Waals surface area contributed by atoms with E-state index in [0.29, 0.717) is 0 Å². The fourth-order valence-corrected chi connectivity index (χ4v) is 2.34. The zero-order valence-electron chi connectivity index (χ0n) is 11.9. The summed E-state index contributed by atoms with van der Waals surface area (Å²) in [6, 6.07) is 8.24. The van der Waals surface area contributed by atoms with Crippen LogP contribution in [0.25, 0.3) is 0 Å². The van der Waals surface area contributed by atoms with Crippen LogP contribution in [0.4, 0.5) is 0 Å². The number of hydrogen-bond acceptors (Lipinski definition) is 4. The summed E-state index contributed by atoms with van der Waals surface area (Å²) >= 11 is 0. The van der Waals surface area contributed by atoms with Gasteiger partial charge in [-0.1, -0.05) is 12.1 Å². The van der Waals surface area contributed by atoms with Gasteiger partial charge in [-0.25, -0.2) is 0 Å². The van der Waals surface area contributed by atoms with Gasteiger partial charge in [0.1, 0.15) is 5.75 Å². The standard InChI is InChI=1S/C15H25N3O/c1-12(2)19-14-5-3-13(4-6-14)15(16)11-18-9-7-17-8-10-18/h3-6,12,15,17H,7-11,16H2,1-2H3. The average Bonchev–Trinajstić information content (AvgIpc) is 2.40. The predicted molar refractivity (Wildman–Crippen MR) is 78.4 cm³/mol. The smallest absolute Gasteiger partial charge is 0.119 e. The number of nitrogens with zero attached hydrogens (tertiary/aromatic N) is 1. The Kier molecular flexibility index (Phi) is 5.19. The Bertz CT molecular complexity index is 371. The number of hydrogen-bond donors (Lipinski definition) is 2. The molecule has 1 aromatic rings. The molecule has 1 unspecified atom stereocenters. The first-order chi connectivity index (χ1) is 9.15. The molecule has 19 heavy (non-hydrogen) atoms. The van der Waals surface area contributed by atoms with Gasteiger partial charge in [0.15, 0.2) is 0 Å². The Hall–Kier alpha value is -1.10. The number of piperazine rings is 1. The van der Waals surface area contributed by atoms with Crippen LogP contribution in [0.3, 0.4) is 0 Å². The molecule has 1 aromatic carbocycles. The number of nitrogens with one attached hydrogen (secondary N) is 1. The fraction of sp³-hybridized carbons (Fsp3) is 0.600. The second kappa shape index (κ2) is 6.89. The highest BCUT2D eigenvalue weighted by molar-refractivity contribution is 5.29. The van der Waals surface area contributed by atoms with E-state index in [9.17, 15) is 0 Å². The molecule has 2 rings (SSSR count). The SMILES string of the molecule is CC(C)Oc1ccc(C(N)CN2CCNCC2)cc1. The molecule has 0 saturated carbocycles. The lowest BCUT2D eigenvalue weighted by molar-refractivity contribution is 0.227. The maximum Gasteiger partial charge on any atom is 0.119 e. The lowest BCUT2D eigenvalue weighted by atomic mass is 10.1. The van der Waals surface area contributed by atoms with Crippen molar-refractivity contribution in [1.82, 2.24) is 10.2 Å².